The highest BCUT2D eigenvalue weighted by molar-refractivity contribution is 8.01. The van der Waals surface area contributed by atoms with Crippen molar-refractivity contribution >= 4 is 23.6 Å². The monoisotopic (exact) mass is 297 g/mol. The fourth-order valence-corrected chi connectivity index (χ4v) is 2.53. The summed E-state index contributed by atoms with van der Waals surface area (Å²) in [6.07, 6.45) is -0.104. The van der Waals surface area contributed by atoms with Crippen LogP contribution in [-0.2, 0) is 21.0 Å². The first-order valence-corrected chi connectivity index (χ1v) is 7.26. The number of nitrogens with one attached hydrogen (secondary N) is 1. The zero-order chi connectivity index (χ0) is 15.0. The van der Waals surface area contributed by atoms with Crippen molar-refractivity contribution in [3.63, 3.8) is 0 Å². The first kappa shape index (κ1) is 16.5. The Morgan fingerprint density at radius 3 is 2.50 bits per heavy atom. The smallest absolute Gasteiger partial charge is 0.317 e. The van der Waals surface area contributed by atoms with Gasteiger partial charge in [-0.2, -0.15) is 0 Å². The minimum absolute atomic E-state index is 0.104. The number of amides is 1. The zero-order valence-electron chi connectivity index (χ0n) is 11.5. The van der Waals surface area contributed by atoms with E-state index in [0.29, 0.717) is 0 Å². The Morgan fingerprint density at radius 2 is 1.95 bits per heavy atom. The van der Waals surface area contributed by atoms with Crippen LogP contribution in [0.15, 0.2) is 30.3 Å². The van der Waals surface area contributed by atoms with Gasteiger partial charge in [0.25, 0.3) is 0 Å². The van der Waals surface area contributed by atoms with Crippen molar-refractivity contribution in [1.82, 2.24) is 5.48 Å². The van der Waals surface area contributed by atoms with Crippen molar-refractivity contribution < 1.29 is 19.5 Å². The summed E-state index contributed by atoms with van der Waals surface area (Å²) in [7, 11) is 0. The molecule has 0 aliphatic carbocycles. The molecule has 0 saturated carbocycles. The maximum absolute atomic E-state index is 11.6. The molecule has 1 rings (SSSR count). The molecule has 1 aromatic carbocycles. The summed E-state index contributed by atoms with van der Waals surface area (Å²) in [4.78, 5) is 27.7. The zero-order valence-corrected chi connectivity index (χ0v) is 12.4. The van der Waals surface area contributed by atoms with E-state index in [0.717, 1.165) is 5.56 Å². The molecule has 6 heteroatoms. The van der Waals surface area contributed by atoms with E-state index in [-0.39, 0.29) is 18.3 Å². The number of aliphatic carboxylic acids is 1. The van der Waals surface area contributed by atoms with Gasteiger partial charge in [0.2, 0.25) is 5.91 Å². The van der Waals surface area contributed by atoms with E-state index in [1.807, 2.05) is 44.2 Å². The van der Waals surface area contributed by atoms with E-state index in [9.17, 15) is 9.59 Å². The number of thioether (sulfide) groups is 1. The van der Waals surface area contributed by atoms with Gasteiger partial charge >= 0.3 is 5.97 Å². The van der Waals surface area contributed by atoms with Crippen LogP contribution in [-0.4, -0.2) is 27.5 Å². The quantitative estimate of drug-likeness (QED) is 0.720. The molecule has 0 saturated heterocycles. The van der Waals surface area contributed by atoms with E-state index in [1.54, 1.807) is 0 Å². The normalized spacial score (nSPS) is 12.2. The van der Waals surface area contributed by atoms with Crippen LogP contribution in [0.4, 0.5) is 0 Å². The molecule has 0 radical (unpaired) electrons. The lowest BCUT2D eigenvalue weighted by Crippen LogP contribution is -2.30. The maximum Gasteiger partial charge on any atom is 0.317 e. The van der Waals surface area contributed by atoms with Crippen molar-refractivity contribution in [1.29, 1.82) is 0 Å². The number of carboxylic acids is 1. The highest BCUT2D eigenvalue weighted by Crippen LogP contribution is 2.20. The van der Waals surface area contributed by atoms with E-state index < -0.39 is 17.1 Å². The van der Waals surface area contributed by atoms with Crippen LogP contribution in [0.1, 0.15) is 25.8 Å². The minimum atomic E-state index is -0.984. The SMILES string of the molecule is CC(C)SC(CC(=O)NOCc1ccccc1)C(=O)O. The van der Waals surface area contributed by atoms with Gasteiger partial charge in [-0.05, 0) is 10.8 Å². The summed E-state index contributed by atoms with van der Waals surface area (Å²) in [5.41, 5.74) is 3.20. The van der Waals surface area contributed by atoms with Gasteiger partial charge in [0.1, 0.15) is 5.25 Å². The second-order valence-electron chi connectivity index (χ2n) is 4.52. The van der Waals surface area contributed by atoms with E-state index in [1.165, 1.54) is 11.8 Å². The van der Waals surface area contributed by atoms with Crippen LogP contribution in [0.25, 0.3) is 0 Å². The molecule has 1 unspecified atom stereocenters. The standard InChI is InChI=1S/C14H19NO4S/c1-10(2)20-12(14(17)18)8-13(16)15-19-9-11-6-4-3-5-7-11/h3-7,10,12H,8-9H2,1-2H3,(H,15,16)(H,17,18). The third kappa shape index (κ3) is 6.58. The van der Waals surface area contributed by atoms with E-state index in [4.69, 9.17) is 9.94 Å². The highest BCUT2D eigenvalue weighted by Gasteiger charge is 2.23. The largest absolute Gasteiger partial charge is 0.480 e. The molecule has 2 N–H and O–H groups in total. The van der Waals surface area contributed by atoms with E-state index >= 15 is 0 Å². The third-order valence-electron chi connectivity index (χ3n) is 2.35. The van der Waals surface area contributed by atoms with Crippen LogP contribution >= 0.6 is 11.8 Å². The van der Waals surface area contributed by atoms with Gasteiger partial charge in [-0.15, -0.1) is 11.8 Å². The highest BCUT2D eigenvalue weighted by atomic mass is 32.2. The summed E-state index contributed by atoms with van der Waals surface area (Å²) in [5.74, 6) is -1.41. The van der Waals surface area contributed by atoms with Crippen LogP contribution in [0.3, 0.4) is 0 Å². The number of carbonyl (C=O) groups excluding carboxylic acids is 1. The molecule has 110 valence electrons. The van der Waals surface area contributed by atoms with E-state index in [2.05, 4.69) is 5.48 Å². The fraction of sp³-hybridized carbons (Fsp3) is 0.429. The second kappa shape index (κ2) is 8.60. The summed E-state index contributed by atoms with van der Waals surface area (Å²) >= 11 is 1.25. The van der Waals surface area contributed by atoms with Gasteiger partial charge in [-0.1, -0.05) is 44.2 Å². The molecule has 20 heavy (non-hydrogen) atoms. The van der Waals surface area contributed by atoms with Gasteiger partial charge in [0.15, 0.2) is 0 Å². The van der Waals surface area contributed by atoms with Crippen molar-refractivity contribution in [2.75, 3.05) is 0 Å². The van der Waals surface area contributed by atoms with Gasteiger partial charge < -0.3 is 5.11 Å². The number of hydrogen-bond donors (Lipinski definition) is 2. The molecule has 0 aromatic heterocycles. The predicted octanol–water partition coefficient (Wildman–Crippen LogP) is 2.22. The Labute approximate surface area is 122 Å². The molecule has 0 fully saturated rings. The summed E-state index contributed by atoms with van der Waals surface area (Å²) in [6, 6.07) is 9.39. The molecule has 5 nitrogen and oxygen atoms in total. The third-order valence-corrected chi connectivity index (χ3v) is 3.59. The Balaban J connectivity index is 2.33. The molecule has 1 aromatic rings. The topological polar surface area (TPSA) is 75.6 Å². The van der Waals surface area contributed by atoms with Gasteiger partial charge in [-0.25, -0.2) is 5.48 Å². The number of hydrogen-bond acceptors (Lipinski definition) is 4. The van der Waals surface area contributed by atoms with Crippen LogP contribution in [0.5, 0.6) is 0 Å². The summed E-state index contributed by atoms with van der Waals surface area (Å²) in [5, 5.41) is 8.43. The number of hydroxylamine groups is 1. The number of carbonyl (C=O) groups is 2. The molecule has 0 aliphatic heterocycles. The lowest BCUT2D eigenvalue weighted by molar-refractivity contribution is -0.141. The Morgan fingerprint density at radius 1 is 1.30 bits per heavy atom. The molecule has 0 bridgehead atoms. The molecule has 0 heterocycles. The molecule has 0 aliphatic rings. The fourth-order valence-electron chi connectivity index (χ4n) is 1.51. The lowest BCUT2D eigenvalue weighted by atomic mass is 10.2. The van der Waals surface area contributed by atoms with Gasteiger partial charge in [0.05, 0.1) is 13.0 Å². The van der Waals surface area contributed by atoms with Crippen LogP contribution < -0.4 is 5.48 Å². The molecular weight excluding hydrogens is 278 g/mol. The van der Waals surface area contributed by atoms with Crippen molar-refractivity contribution in [2.24, 2.45) is 0 Å². The average molecular weight is 297 g/mol. The maximum atomic E-state index is 11.6. The average Bonchev–Trinajstić information content (AvgIpc) is 2.38. The minimum Gasteiger partial charge on any atom is -0.480 e. The second-order valence-corrected chi connectivity index (χ2v) is 6.30. The number of benzene rings is 1. The molecule has 1 atom stereocenters. The molecule has 1 amide bonds. The Kier molecular flexibility index (Phi) is 7.11. The van der Waals surface area contributed by atoms with Crippen LogP contribution in [0, 0.1) is 0 Å². The summed E-state index contributed by atoms with van der Waals surface area (Å²) < 4.78 is 0. The van der Waals surface area contributed by atoms with Gasteiger partial charge in [-0.3, -0.25) is 14.4 Å². The first-order valence-electron chi connectivity index (χ1n) is 6.32. The van der Waals surface area contributed by atoms with Crippen molar-refractivity contribution in [3.8, 4) is 0 Å². The lowest BCUT2D eigenvalue weighted by Gasteiger charge is -2.14. The molecular formula is C14H19NO4S. The van der Waals surface area contributed by atoms with Gasteiger partial charge in [0, 0.05) is 0 Å². The summed E-state index contributed by atoms with van der Waals surface area (Å²) in [6.45, 7) is 4.04. The molecule has 0 spiro atoms. The first-order chi connectivity index (χ1) is 9.49. The van der Waals surface area contributed by atoms with Crippen molar-refractivity contribution in [2.45, 2.75) is 37.4 Å². The number of rotatable bonds is 8. The predicted molar refractivity (Wildman–Crippen MR) is 78.1 cm³/mol. The van der Waals surface area contributed by atoms with Crippen molar-refractivity contribution in [3.05, 3.63) is 35.9 Å². The Bertz CT molecular complexity index is 436. The Hall–Kier alpha value is -1.53. The number of carboxylic acid groups (broad SMARTS) is 1. The van der Waals surface area contributed by atoms with Crippen LogP contribution in [0.2, 0.25) is 0 Å².